The number of rotatable bonds is 3. The Morgan fingerprint density at radius 2 is 2.00 bits per heavy atom. The van der Waals surface area contributed by atoms with E-state index in [9.17, 15) is 9.59 Å². The van der Waals surface area contributed by atoms with E-state index in [0.29, 0.717) is 0 Å². The molecule has 0 bridgehead atoms. The number of carboxylic acid groups (broad SMARTS) is 1. The average molecular weight is 194 g/mol. The van der Waals surface area contributed by atoms with Crippen LogP contribution < -0.4 is 4.74 Å². The Morgan fingerprint density at radius 1 is 1.36 bits per heavy atom. The van der Waals surface area contributed by atoms with E-state index < -0.39 is 5.97 Å². The number of ketones is 1. The van der Waals surface area contributed by atoms with E-state index in [1.54, 1.807) is 6.07 Å². The molecule has 1 aromatic rings. The van der Waals surface area contributed by atoms with Crippen molar-refractivity contribution in [3.05, 3.63) is 29.3 Å². The highest BCUT2D eigenvalue weighted by Crippen LogP contribution is 2.22. The van der Waals surface area contributed by atoms with Gasteiger partial charge in [-0.1, -0.05) is 6.07 Å². The van der Waals surface area contributed by atoms with Gasteiger partial charge in [0.2, 0.25) is 0 Å². The zero-order valence-electron chi connectivity index (χ0n) is 7.90. The van der Waals surface area contributed by atoms with Gasteiger partial charge in [-0.15, -0.1) is 0 Å². The second-order valence-electron chi connectivity index (χ2n) is 2.74. The third-order valence-corrected chi connectivity index (χ3v) is 1.83. The minimum atomic E-state index is -1.13. The third-order valence-electron chi connectivity index (χ3n) is 1.83. The molecule has 0 aliphatic rings. The van der Waals surface area contributed by atoms with Crippen LogP contribution in [0.15, 0.2) is 18.2 Å². The SMILES string of the molecule is COc1cccc(C(=O)O)c1C(C)=O. The summed E-state index contributed by atoms with van der Waals surface area (Å²) >= 11 is 0. The normalized spacial score (nSPS) is 9.57. The van der Waals surface area contributed by atoms with Crippen molar-refractivity contribution in [2.45, 2.75) is 6.92 Å². The van der Waals surface area contributed by atoms with Crippen LogP contribution in [0.4, 0.5) is 0 Å². The first kappa shape index (κ1) is 10.2. The number of carboxylic acids is 1. The molecule has 0 saturated carbocycles. The summed E-state index contributed by atoms with van der Waals surface area (Å²) in [6, 6.07) is 4.47. The summed E-state index contributed by atoms with van der Waals surface area (Å²) in [5.74, 6) is -1.16. The molecule has 0 radical (unpaired) electrons. The van der Waals surface area contributed by atoms with E-state index in [0.717, 1.165) is 0 Å². The fraction of sp³-hybridized carbons (Fsp3) is 0.200. The Bertz CT molecular complexity index is 382. The van der Waals surface area contributed by atoms with Crippen LogP contribution in [0.2, 0.25) is 0 Å². The summed E-state index contributed by atoms with van der Waals surface area (Å²) < 4.78 is 4.91. The topological polar surface area (TPSA) is 63.6 Å². The molecule has 0 unspecified atom stereocenters. The van der Waals surface area contributed by atoms with Crippen molar-refractivity contribution in [3.8, 4) is 5.75 Å². The van der Waals surface area contributed by atoms with Crippen LogP contribution >= 0.6 is 0 Å². The second-order valence-corrected chi connectivity index (χ2v) is 2.74. The maximum atomic E-state index is 11.2. The summed E-state index contributed by atoms with van der Waals surface area (Å²) in [5.41, 5.74) is 0.0827. The highest BCUT2D eigenvalue weighted by Gasteiger charge is 2.17. The predicted molar refractivity (Wildman–Crippen MR) is 50.0 cm³/mol. The van der Waals surface area contributed by atoms with Gasteiger partial charge in [0.05, 0.1) is 18.2 Å². The lowest BCUT2D eigenvalue weighted by atomic mass is 10.0. The molecule has 1 N–H and O–H groups in total. The fourth-order valence-corrected chi connectivity index (χ4v) is 1.24. The first-order valence-corrected chi connectivity index (χ1v) is 3.99. The highest BCUT2D eigenvalue weighted by molar-refractivity contribution is 6.06. The predicted octanol–water partition coefficient (Wildman–Crippen LogP) is 1.60. The Balaban J connectivity index is 3.43. The molecule has 4 heteroatoms. The van der Waals surface area contributed by atoms with Gasteiger partial charge in [0.25, 0.3) is 0 Å². The summed E-state index contributed by atoms with van der Waals surface area (Å²) in [6.07, 6.45) is 0. The average Bonchev–Trinajstić information content (AvgIpc) is 2.16. The zero-order valence-corrected chi connectivity index (χ0v) is 7.90. The van der Waals surface area contributed by atoms with Gasteiger partial charge >= 0.3 is 5.97 Å². The molecule has 0 amide bonds. The van der Waals surface area contributed by atoms with Crippen molar-refractivity contribution in [2.75, 3.05) is 7.11 Å². The lowest BCUT2D eigenvalue weighted by Gasteiger charge is -2.07. The van der Waals surface area contributed by atoms with Gasteiger partial charge in [-0.2, -0.15) is 0 Å². The van der Waals surface area contributed by atoms with Crippen LogP contribution in [0.1, 0.15) is 27.6 Å². The number of Topliss-reactive ketones (excluding diaryl/α,β-unsaturated/α-hetero) is 1. The van der Waals surface area contributed by atoms with Crippen molar-refractivity contribution in [1.82, 2.24) is 0 Å². The van der Waals surface area contributed by atoms with Crippen LogP contribution in [0.25, 0.3) is 0 Å². The minimum absolute atomic E-state index is 0.0307. The number of hydrogen-bond donors (Lipinski definition) is 1. The molecular formula is C10H10O4. The van der Waals surface area contributed by atoms with E-state index in [1.165, 1.54) is 26.2 Å². The Kier molecular flexibility index (Phi) is 2.86. The van der Waals surface area contributed by atoms with Gasteiger partial charge in [-0.25, -0.2) is 4.79 Å². The Morgan fingerprint density at radius 3 is 2.43 bits per heavy atom. The molecular weight excluding hydrogens is 184 g/mol. The van der Waals surface area contributed by atoms with E-state index >= 15 is 0 Å². The van der Waals surface area contributed by atoms with Crippen molar-refractivity contribution in [3.63, 3.8) is 0 Å². The van der Waals surface area contributed by atoms with E-state index in [1.807, 2.05) is 0 Å². The zero-order chi connectivity index (χ0) is 10.7. The number of methoxy groups -OCH3 is 1. The van der Waals surface area contributed by atoms with Gasteiger partial charge in [0.1, 0.15) is 5.75 Å². The number of hydrogen-bond acceptors (Lipinski definition) is 3. The van der Waals surface area contributed by atoms with Crippen molar-refractivity contribution < 1.29 is 19.4 Å². The van der Waals surface area contributed by atoms with Crippen molar-refractivity contribution in [2.24, 2.45) is 0 Å². The lowest BCUT2D eigenvalue weighted by molar-refractivity contribution is 0.0691. The maximum Gasteiger partial charge on any atom is 0.336 e. The van der Waals surface area contributed by atoms with E-state index in [4.69, 9.17) is 9.84 Å². The number of benzene rings is 1. The first-order valence-electron chi connectivity index (χ1n) is 3.99. The summed E-state index contributed by atoms with van der Waals surface area (Å²) in [6.45, 7) is 1.31. The van der Waals surface area contributed by atoms with Gasteiger partial charge in [0.15, 0.2) is 5.78 Å². The number of carbonyl (C=O) groups excluding carboxylic acids is 1. The smallest absolute Gasteiger partial charge is 0.336 e. The third kappa shape index (κ3) is 1.74. The molecule has 1 aromatic carbocycles. The molecule has 0 aliphatic heterocycles. The standard InChI is InChI=1S/C10H10O4/c1-6(11)9-7(10(12)13)4-3-5-8(9)14-2/h3-5H,1-2H3,(H,12,13). The van der Waals surface area contributed by atoms with E-state index in [-0.39, 0.29) is 22.7 Å². The van der Waals surface area contributed by atoms with Gasteiger partial charge in [-0.3, -0.25) is 4.79 Å². The van der Waals surface area contributed by atoms with Crippen LogP contribution in [0.5, 0.6) is 5.75 Å². The van der Waals surface area contributed by atoms with E-state index in [2.05, 4.69) is 0 Å². The van der Waals surface area contributed by atoms with Crippen LogP contribution in [-0.4, -0.2) is 24.0 Å². The van der Waals surface area contributed by atoms with Crippen LogP contribution in [-0.2, 0) is 0 Å². The van der Waals surface area contributed by atoms with Gasteiger partial charge in [-0.05, 0) is 19.1 Å². The monoisotopic (exact) mass is 194 g/mol. The maximum absolute atomic E-state index is 11.2. The summed E-state index contributed by atoms with van der Waals surface area (Å²) in [5, 5.41) is 8.83. The molecule has 74 valence electrons. The molecule has 0 fully saturated rings. The van der Waals surface area contributed by atoms with Crippen LogP contribution in [0, 0.1) is 0 Å². The van der Waals surface area contributed by atoms with Crippen molar-refractivity contribution in [1.29, 1.82) is 0 Å². The largest absolute Gasteiger partial charge is 0.496 e. The molecule has 0 spiro atoms. The minimum Gasteiger partial charge on any atom is -0.496 e. The number of aromatic carboxylic acids is 1. The van der Waals surface area contributed by atoms with Crippen molar-refractivity contribution >= 4 is 11.8 Å². The van der Waals surface area contributed by atoms with Crippen LogP contribution in [0.3, 0.4) is 0 Å². The molecule has 0 aromatic heterocycles. The van der Waals surface area contributed by atoms with Gasteiger partial charge in [0, 0.05) is 0 Å². The lowest BCUT2D eigenvalue weighted by Crippen LogP contribution is -2.07. The number of carbonyl (C=O) groups is 2. The Hall–Kier alpha value is -1.84. The summed E-state index contributed by atoms with van der Waals surface area (Å²) in [7, 11) is 1.40. The second kappa shape index (κ2) is 3.91. The molecule has 0 heterocycles. The highest BCUT2D eigenvalue weighted by atomic mass is 16.5. The molecule has 14 heavy (non-hydrogen) atoms. The Labute approximate surface area is 81.1 Å². The molecule has 4 nitrogen and oxygen atoms in total. The fourth-order valence-electron chi connectivity index (χ4n) is 1.24. The first-order chi connectivity index (χ1) is 6.57. The molecule has 0 aliphatic carbocycles. The quantitative estimate of drug-likeness (QED) is 0.742. The number of ether oxygens (including phenoxy) is 1. The van der Waals surface area contributed by atoms with Gasteiger partial charge < -0.3 is 9.84 Å². The molecule has 1 rings (SSSR count). The molecule has 0 atom stereocenters. The summed E-state index contributed by atoms with van der Waals surface area (Å²) in [4.78, 5) is 22.0. The molecule has 0 saturated heterocycles.